The van der Waals surface area contributed by atoms with E-state index in [2.05, 4.69) is 49.0 Å². The van der Waals surface area contributed by atoms with Crippen molar-refractivity contribution in [2.75, 3.05) is 6.54 Å². The summed E-state index contributed by atoms with van der Waals surface area (Å²) >= 11 is 0. The highest BCUT2D eigenvalue weighted by Gasteiger charge is 2.07. The van der Waals surface area contributed by atoms with Gasteiger partial charge in [0.05, 0.1) is 0 Å². The van der Waals surface area contributed by atoms with Crippen molar-refractivity contribution in [1.82, 2.24) is 9.88 Å². The third-order valence-electron chi connectivity index (χ3n) is 3.82. The molecule has 0 spiro atoms. The Hall–Kier alpha value is -0.760. The normalized spacial score (nSPS) is 12.8. The lowest BCUT2D eigenvalue weighted by atomic mass is 10.1. The van der Waals surface area contributed by atoms with Crippen molar-refractivity contribution in [3.63, 3.8) is 0 Å². The van der Waals surface area contributed by atoms with E-state index in [1.165, 1.54) is 57.2 Å². The van der Waals surface area contributed by atoms with Crippen LogP contribution in [0.1, 0.15) is 77.5 Å². The zero-order valence-corrected chi connectivity index (χ0v) is 13.1. The molecule has 19 heavy (non-hydrogen) atoms. The number of aryl methyl sites for hydroxylation is 1. The van der Waals surface area contributed by atoms with Crippen LogP contribution in [0.4, 0.5) is 0 Å². The molecule has 0 aliphatic carbocycles. The van der Waals surface area contributed by atoms with E-state index >= 15 is 0 Å². The van der Waals surface area contributed by atoms with E-state index in [0.717, 1.165) is 6.54 Å². The van der Waals surface area contributed by atoms with E-state index in [1.54, 1.807) is 0 Å². The van der Waals surface area contributed by atoms with Gasteiger partial charge in [0.25, 0.3) is 0 Å². The summed E-state index contributed by atoms with van der Waals surface area (Å²) in [6.07, 6.45) is 11.9. The molecule has 1 heterocycles. The summed E-state index contributed by atoms with van der Waals surface area (Å²) in [6.45, 7) is 8.90. The number of aromatic nitrogens is 1. The quantitative estimate of drug-likeness (QED) is 0.562. The van der Waals surface area contributed by atoms with Gasteiger partial charge < -0.3 is 9.88 Å². The Labute approximate surface area is 119 Å². The third-order valence-corrected chi connectivity index (χ3v) is 3.82. The fraction of sp³-hybridized carbons (Fsp3) is 0.765. The van der Waals surface area contributed by atoms with Crippen LogP contribution in [-0.4, -0.2) is 11.1 Å². The van der Waals surface area contributed by atoms with Crippen LogP contribution in [-0.2, 0) is 6.54 Å². The molecule has 1 unspecified atom stereocenters. The number of unbranched alkanes of at least 4 members (excludes halogenated alkanes) is 6. The van der Waals surface area contributed by atoms with Crippen molar-refractivity contribution in [3.8, 4) is 0 Å². The smallest absolute Gasteiger partial charge is 0.0446 e. The fourth-order valence-electron chi connectivity index (χ4n) is 2.67. The molecular weight excluding hydrogens is 232 g/mol. The highest BCUT2D eigenvalue weighted by Crippen LogP contribution is 2.15. The standard InChI is InChI=1S/C17H32N2/c1-4-6-7-8-9-10-11-14-19-15-12-13-17(19)16(3)18-5-2/h12-13,15-16,18H,4-11,14H2,1-3H3. The number of nitrogens with zero attached hydrogens (tertiary/aromatic N) is 1. The summed E-state index contributed by atoms with van der Waals surface area (Å²) < 4.78 is 2.42. The van der Waals surface area contributed by atoms with Crippen LogP contribution in [0.25, 0.3) is 0 Å². The molecule has 0 fully saturated rings. The average Bonchev–Trinajstić information content (AvgIpc) is 2.86. The van der Waals surface area contributed by atoms with Crippen LogP contribution < -0.4 is 5.32 Å². The monoisotopic (exact) mass is 264 g/mol. The minimum atomic E-state index is 0.463. The average molecular weight is 264 g/mol. The van der Waals surface area contributed by atoms with Gasteiger partial charge in [0.2, 0.25) is 0 Å². The van der Waals surface area contributed by atoms with Crippen LogP contribution >= 0.6 is 0 Å². The molecule has 2 nitrogen and oxygen atoms in total. The van der Waals surface area contributed by atoms with Crippen LogP contribution in [0.5, 0.6) is 0 Å². The van der Waals surface area contributed by atoms with E-state index in [9.17, 15) is 0 Å². The Morgan fingerprint density at radius 1 is 1.05 bits per heavy atom. The van der Waals surface area contributed by atoms with Crippen LogP contribution in [0.3, 0.4) is 0 Å². The zero-order valence-electron chi connectivity index (χ0n) is 13.1. The van der Waals surface area contributed by atoms with Gasteiger partial charge in [0.1, 0.15) is 0 Å². The summed E-state index contributed by atoms with van der Waals surface area (Å²) in [5.41, 5.74) is 1.42. The van der Waals surface area contributed by atoms with Gasteiger partial charge in [-0.15, -0.1) is 0 Å². The van der Waals surface area contributed by atoms with Crippen LogP contribution in [0, 0.1) is 0 Å². The molecule has 0 aliphatic heterocycles. The number of hydrogen-bond donors (Lipinski definition) is 1. The first kappa shape index (κ1) is 16.3. The largest absolute Gasteiger partial charge is 0.350 e. The van der Waals surface area contributed by atoms with E-state index in [-0.39, 0.29) is 0 Å². The molecule has 1 N–H and O–H groups in total. The van der Waals surface area contributed by atoms with E-state index in [4.69, 9.17) is 0 Å². The molecule has 1 aromatic rings. The van der Waals surface area contributed by atoms with Gasteiger partial charge in [-0.2, -0.15) is 0 Å². The van der Waals surface area contributed by atoms with E-state index < -0.39 is 0 Å². The lowest BCUT2D eigenvalue weighted by Crippen LogP contribution is -2.20. The second-order valence-corrected chi connectivity index (χ2v) is 5.53. The van der Waals surface area contributed by atoms with Gasteiger partial charge in [0.15, 0.2) is 0 Å². The molecule has 0 saturated heterocycles. The Kier molecular flexibility index (Phi) is 8.64. The van der Waals surface area contributed by atoms with Gasteiger partial charge in [0, 0.05) is 24.5 Å². The first-order valence-corrected chi connectivity index (χ1v) is 8.18. The molecule has 2 heteroatoms. The van der Waals surface area contributed by atoms with Crippen molar-refractivity contribution in [2.45, 2.75) is 78.3 Å². The highest BCUT2D eigenvalue weighted by atomic mass is 15.0. The Morgan fingerprint density at radius 2 is 1.74 bits per heavy atom. The lowest BCUT2D eigenvalue weighted by molar-refractivity contribution is 0.508. The minimum Gasteiger partial charge on any atom is -0.350 e. The molecule has 110 valence electrons. The molecule has 0 bridgehead atoms. The summed E-state index contributed by atoms with van der Waals surface area (Å²) in [6, 6.07) is 4.88. The maximum Gasteiger partial charge on any atom is 0.0446 e. The second-order valence-electron chi connectivity index (χ2n) is 5.53. The molecule has 1 aromatic heterocycles. The third kappa shape index (κ3) is 6.29. The van der Waals surface area contributed by atoms with Crippen LogP contribution in [0.2, 0.25) is 0 Å². The Balaban J connectivity index is 2.20. The molecule has 0 aromatic carbocycles. The van der Waals surface area contributed by atoms with Crippen molar-refractivity contribution in [3.05, 3.63) is 24.0 Å². The molecule has 0 amide bonds. The van der Waals surface area contributed by atoms with Gasteiger partial charge in [-0.25, -0.2) is 0 Å². The van der Waals surface area contributed by atoms with E-state index in [0.29, 0.717) is 6.04 Å². The van der Waals surface area contributed by atoms with Gasteiger partial charge in [-0.1, -0.05) is 52.4 Å². The predicted octanol–water partition coefficient (Wildman–Crippen LogP) is 4.91. The topological polar surface area (TPSA) is 17.0 Å². The second kappa shape index (κ2) is 10.1. The lowest BCUT2D eigenvalue weighted by Gasteiger charge is -2.16. The highest BCUT2D eigenvalue weighted by molar-refractivity contribution is 5.11. The SMILES string of the molecule is CCCCCCCCCn1cccc1C(C)NCC. The van der Waals surface area contributed by atoms with Crippen LogP contribution in [0.15, 0.2) is 18.3 Å². The van der Waals surface area contributed by atoms with Crippen molar-refractivity contribution in [1.29, 1.82) is 0 Å². The molecule has 1 atom stereocenters. The van der Waals surface area contributed by atoms with Crippen molar-refractivity contribution < 1.29 is 0 Å². The maximum absolute atomic E-state index is 3.49. The molecule has 0 radical (unpaired) electrons. The summed E-state index contributed by atoms with van der Waals surface area (Å²) in [4.78, 5) is 0. The number of nitrogens with one attached hydrogen (secondary N) is 1. The number of hydrogen-bond acceptors (Lipinski definition) is 1. The minimum absolute atomic E-state index is 0.463. The fourth-order valence-corrected chi connectivity index (χ4v) is 2.67. The van der Waals surface area contributed by atoms with E-state index in [1.807, 2.05) is 0 Å². The molecule has 0 saturated carbocycles. The van der Waals surface area contributed by atoms with Gasteiger partial charge in [-0.05, 0) is 32.0 Å². The summed E-state index contributed by atoms with van der Waals surface area (Å²) in [5, 5.41) is 3.49. The van der Waals surface area contributed by atoms with Crippen molar-refractivity contribution >= 4 is 0 Å². The zero-order chi connectivity index (χ0) is 13.9. The predicted molar refractivity (Wildman–Crippen MR) is 84.5 cm³/mol. The van der Waals surface area contributed by atoms with Gasteiger partial charge >= 0.3 is 0 Å². The first-order valence-electron chi connectivity index (χ1n) is 8.18. The number of rotatable bonds is 11. The maximum atomic E-state index is 3.49. The Morgan fingerprint density at radius 3 is 2.42 bits per heavy atom. The Bertz CT molecular complexity index is 317. The van der Waals surface area contributed by atoms with Gasteiger partial charge in [-0.3, -0.25) is 0 Å². The molecule has 0 aliphatic rings. The summed E-state index contributed by atoms with van der Waals surface area (Å²) in [5.74, 6) is 0. The molecular formula is C17H32N2. The first-order chi connectivity index (χ1) is 9.29. The molecule has 1 rings (SSSR count). The summed E-state index contributed by atoms with van der Waals surface area (Å²) in [7, 11) is 0. The van der Waals surface area contributed by atoms with Crippen molar-refractivity contribution in [2.24, 2.45) is 0 Å².